The van der Waals surface area contributed by atoms with Crippen LogP contribution in [0.1, 0.15) is 6.92 Å². The quantitative estimate of drug-likeness (QED) is 0.832. The molecular formula is C11H13ClN2O2. The first kappa shape index (κ1) is 11.2. The standard InChI is InChI=1S/C11H13ClN2O2/c1-2-16-6-5-14-10-4-3-8(12)7-9(10)13-11(14)15/h3-4,7H,2,5-6H2,1H3,(H,13,15). The average Bonchev–Trinajstić information content (AvgIpc) is 2.55. The van der Waals surface area contributed by atoms with Gasteiger partial charge in [0.15, 0.2) is 0 Å². The van der Waals surface area contributed by atoms with E-state index in [0.717, 1.165) is 11.0 Å². The Morgan fingerprint density at radius 2 is 2.31 bits per heavy atom. The molecule has 16 heavy (non-hydrogen) atoms. The van der Waals surface area contributed by atoms with Gasteiger partial charge in [-0.05, 0) is 25.1 Å². The van der Waals surface area contributed by atoms with E-state index in [9.17, 15) is 4.79 Å². The highest BCUT2D eigenvalue weighted by molar-refractivity contribution is 6.31. The summed E-state index contributed by atoms with van der Waals surface area (Å²) in [5.74, 6) is 0. The summed E-state index contributed by atoms with van der Waals surface area (Å²) in [6.07, 6.45) is 0. The number of hydrogen-bond donors (Lipinski definition) is 1. The van der Waals surface area contributed by atoms with Crippen LogP contribution in [0.5, 0.6) is 0 Å². The Morgan fingerprint density at radius 1 is 1.50 bits per heavy atom. The van der Waals surface area contributed by atoms with Gasteiger partial charge in [0.2, 0.25) is 0 Å². The van der Waals surface area contributed by atoms with Gasteiger partial charge in [-0.3, -0.25) is 4.57 Å². The van der Waals surface area contributed by atoms with Gasteiger partial charge in [0.25, 0.3) is 0 Å². The number of halogens is 1. The molecule has 1 aromatic carbocycles. The summed E-state index contributed by atoms with van der Waals surface area (Å²) >= 11 is 5.85. The molecule has 0 bridgehead atoms. The predicted octanol–water partition coefficient (Wildman–Crippen LogP) is 2.02. The Labute approximate surface area is 97.8 Å². The molecule has 0 aliphatic carbocycles. The molecule has 0 unspecified atom stereocenters. The Kier molecular flexibility index (Phi) is 3.31. The fourth-order valence-electron chi connectivity index (χ4n) is 1.66. The smallest absolute Gasteiger partial charge is 0.326 e. The molecule has 0 saturated heterocycles. The normalized spacial score (nSPS) is 11.1. The van der Waals surface area contributed by atoms with Crippen molar-refractivity contribution in [1.82, 2.24) is 9.55 Å². The lowest BCUT2D eigenvalue weighted by atomic mass is 10.3. The van der Waals surface area contributed by atoms with Gasteiger partial charge < -0.3 is 9.72 Å². The minimum atomic E-state index is -0.128. The molecule has 1 aromatic heterocycles. The van der Waals surface area contributed by atoms with Crippen LogP contribution in [0.4, 0.5) is 0 Å². The fourth-order valence-corrected chi connectivity index (χ4v) is 1.83. The third kappa shape index (κ3) is 2.13. The van der Waals surface area contributed by atoms with E-state index in [1.54, 1.807) is 16.7 Å². The van der Waals surface area contributed by atoms with Gasteiger partial charge in [-0.15, -0.1) is 0 Å². The molecule has 0 saturated carbocycles. The Bertz CT molecular complexity index is 544. The first-order valence-electron chi connectivity index (χ1n) is 5.18. The lowest BCUT2D eigenvalue weighted by molar-refractivity contribution is 0.139. The lowest BCUT2D eigenvalue weighted by Gasteiger charge is -2.03. The maximum Gasteiger partial charge on any atom is 0.326 e. The van der Waals surface area contributed by atoms with E-state index in [2.05, 4.69) is 4.98 Å². The molecule has 0 spiro atoms. The number of imidazole rings is 1. The largest absolute Gasteiger partial charge is 0.380 e. The van der Waals surface area contributed by atoms with Crippen LogP contribution in [0.15, 0.2) is 23.0 Å². The summed E-state index contributed by atoms with van der Waals surface area (Å²) < 4.78 is 6.89. The summed E-state index contributed by atoms with van der Waals surface area (Å²) in [6.45, 7) is 3.67. The topological polar surface area (TPSA) is 47.0 Å². The zero-order valence-corrected chi connectivity index (χ0v) is 9.75. The molecule has 86 valence electrons. The van der Waals surface area contributed by atoms with E-state index < -0.39 is 0 Å². The SMILES string of the molecule is CCOCCn1c(=O)[nH]c2cc(Cl)ccc21. The highest BCUT2D eigenvalue weighted by Crippen LogP contribution is 2.16. The van der Waals surface area contributed by atoms with Crippen LogP contribution in [0.3, 0.4) is 0 Å². The van der Waals surface area contributed by atoms with Crippen LogP contribution in [0, 0.1) is 0 Å². The highest BCUT2D eigenvalue weighted by atomic mass is 35.5. The molecular weight excluding hydrogens is 228 g/mol. The lowest BCUT2D eigenvalue weighted by Crippen LogP contribution is -2.19. The molecule has 4 nitrogen and oxygen atoms in total. The fraction of sp³-hybridized carbons (Fsp3) is 0.364. The maximum absolute atomic E-state index is 11.7. The van der Waals surface area contributed by atoms with E-state index >= 15 is 0 Å². The van der Waals surface area contributed by atoms with Gasteiger partial charge >= 0.3 is 5.69 Å². The number of hydrogen-bond acceptors (Lipinski definition) is 2. The number of rotatable bonds is 4. The molecule has 2 aromatic rings. The van der Waals surface area contributed by atoms with Crippen LogP contribution < -0.4 is 5.69 Å². The maximum atomic E-state index is 11.7. The van der Waals surface area contributed by atoms with Crippen molar-refractivity contribution < 1.29 is 4.74 Å². The van der Waals surface area contributed by atoms with E-state index in [1.807, 2.05) is 13.0 Å². The molecule has 0 amide bonds. The van der Waals surface area contributed by atoms with Crippen molar-refractivity contribution in [3.05, 3.63) is 33.7 Å². The van der Waals surface area contributed by atoms with Crippen molar-refractivity contribution in [2.45, 2.75) is 13.5 Å². The summed E-state index contributed by atoms with van der Waals surface area (Å²) in [5, 5.41) is 0.616. The van der Waals surface area contributed by atoms with Crippen molar-refractivity contribution in [2.24, 2.45) is 0 Å². The molecule has 0 atom stereocenters. The molecule has 5 heteroatoms. The Morgan fingerprint density at radius 3 is 3.06 bits per heavy atom. The van der Waals surface area contributed by atoms with Gasteiger partial charge in [-0.1, -0.05) is 11.6 Å². The van der Waals surface area contributed by atoms with Crippen molar-refractivity contribution in [3.63, 3.8) is 0 Å². The second kappa shape index (κ2) is 4.72. The third-order valence-electron chi connectivity index (χ3n) is 2.40. The van der Waals surface area contributed by atoms with E-state index in [-0.39, 0.29) is 5.69 Å². The van der Waals surface area contributed by atoms with Crippen molar-refractivity contribution in [3.8, 4) is 0 Å². The summed E-state index contributed by atoms with van der Waals surface area (Å²) in [4.78, 5) is 14.4. The number of ether oxygens (including phenoxy) is 1. The Balaban J connectivity index is 2.36. The third-order valence-corrected chi connectivity index (χ3v) is 2.63. The second-order valence-electron chi connectivity index (χ2n) is 3.44. The highest BCUT2D eigenvalue weighted by Gasteiger charge is 2.06. The zero-order chi connectivity index (χ0) is 11.5. The van der Waals surface area contributed by atoms with Crippen LogP contribution in [0.2, 0.25) is 5.02 Å². The molecule has 0 radical (unpaired) electrons. The van der Waals surface area contributed by atoms with Gasteiger partial charge in [0, 0.05) is 11.6 Å². The summed E-state index contributed by atoms with van der Waals surface area (Å²) in [5.41, 5.74) is 1.49. The number of aromatic nitrogens is 2. The Hall–Kier alpha value is -1.26. The molecule has 0 aliphatic heterocycles. The number of nitrogens with one attached hydrogen (secondary N) is 1. The molecule has 1 N–H and O–H groups in total. The summed E-state index contributed by atoms with van der Waals surface area (Å²) in [6, 6.07) is 5.35. The van der Waals surface area contributed by atoms with Crippen LogP contribution >= 0.6 is 11.6 Å². The van der Waals surface area contributed by atoms with Gasteiger partial charge in [-0.25, -0.2) is 4.79 Å². The number of nitrogens with zero attached hydrogens (tertiary/aromatic N) is 1. The number of aromatic amines is 1. The van der Waals surface area contributed by atoms with E-state index in [1.165, 1.54) is 0 Å². The minimum Gasteiger partial charge on any atom is -0.380 e. The van der Waals surface area contributed by atoms with Crippen LogP contribution in [-0.4, -0.2) is 22.8 Å². The molecule has 2 rings (SSSR count). The molecule has 0 fully saturated rings. The number of fused-ring (bicyclic) bond motifs is 1. The van der Waals surface area contributed by atoms with Crippen molar-refractivity contribution >= 4 is 22.6 Å². The van der Waals surface area contributed by atoms with Gasteiger partial charge in [0.05, 0.1) is 24.2 Å². The van der Waals surface area contributed by atoms with Crippen LogP contribution in [0.25, 0.3) is 11.0 Å². The number of H-pyrrole nitrogens is 1. The first-order valence-corrected chi connectivity index (χ1v) is 5.56. The minimum absolute atomic E-state index is 0.128. The first-order chi connectivity index (χ1) is 7.72. The van der Waals surface area contributed by atoms with Crippen molar-refractivity contribution in [1.29, 1.82) is 0 Å². The molecule has 0 aliphatic rings. The monoisotopic (exact) mass is 240 g/mol. The van der Waals surface area contributed by atoms with Gasteiger partial charge in [0.1, 0.15) is 0 Å². The van der Waals surface area contributed by atoms with Crippen molar-refractivity contribution in [2.75, 3.05) is 13.2 Å². The zero-order valence-electron chi connectivity index (χ0n) is 9.00. The van der Waals surface area contributed by atoms with E-state index in [4.69, 9.17) is 16.3 Å². The average molecular weight is 241 g/mol. The van der Waals surface area contributed by atoms with Gasteiger partial charge in [-0.2, -0.15) is 0 Å². The predicted molar refractivity (Wildman–Crippen MR) is 64.1 cm³/mol. The second-order valence-corrected chi connectivity index (χ2v) is 3.88. The van der Waals surface area contributed by atoms with E-state index in [0.29, 0.717) is 24.8 Å². The summed E-state index contributed by atoms with van der Waals surface area (Å²) in [7, 11) is 0. The van der Waals surface area contributed by atoms with Crippen LogP contribution in [-0.2, 0) is 11.3 Å². The number of benzene rings is 1. The molecule has 1 heterocycles.